The molecule has 0 fully saturated rings. The zero-order valence-corrected chi connectivity index (χ0v) is 11.9. The summed E-state index contributed by atoms with van der Waals surface area (Å²) in [6, 6.07) is 12.3. The van der Waals surface area contributed by atoms with Crippen LogP contribution >= 0.6 is 0 Å². The highest BCUT2D eigenvalue weighted by Gasteiger charge is 2.13. The van der Waals surface area contributed by atoms with Crippen LogP contribution in [0.2, 0.25) is 0 Å². The Balaban J connectivity index is 2.05. The third-order valence-corrected chi connectivity index (χ3v) is 3.27. The van der Waals surface area contributed by atoms with Crippen molar-refractivity contribution < 1.29 is 13.6 Å². The van der Waals surface area contributed by atoms with Crippen LogP contribution in [0.1, 0.15) is 12.5 Å². The van der Waals surface area contributed by atoms with E-state index >= 15 is 0 Å². The Morgan fingerprint density at radius 3 is 2.52 bits per heavy atom. The molecule has 0 saturated carbocycles. The molecular weight excluding hydrogens is 272 g/mol. The maximum atomic E-state index is 13.5. The van der Waals surface area contributed by atoms with Crippen LogP contribution in [0, 0.1) is 11.6 Å². The summed E-state index contributed by atoms with van der Waals surface area (Å²) in [6.07, 6.45) is 0.0402. The molecule has 0 aliphatic carbocycles. The number of anilines is 1. The van der Waals surface area contributed by atoms with Crippen LogP contribution in [0.3, 0.4) is 0 Å². The van der Waals surface area contributed by atoms with Crippen molar-refractivity contribution in [3.63, 3.8) is 0 Å². The molecule has 0 atom stereocenters. The summed E-state index contributed by atoms with van der Waals surface area (Å²) >= 11 is 0. The molecule has 0 aromatic heterocycles. The Hall–Kier alpha value is -2.23. The Morgan fingerprint density at radius 1 is 1.10 bits per heavy atom. The van der Waals surface area contributed by atoms with Crippen molar-refractivity contribution in [2.75, 3.05) is 18.0 Å². The second-order valence-electron chi connectivity index (χ2n) is 4.80. The lowest BCUT2D eigenvalue weighted by Crippen LogP contribution is -2.30. The van der Waals surface area contributed by atoms with Crippen molar-refractivity contribution in [2.45, 2.75) is 13.3 Å². The minimum atomic E-state index is -0.375. The summed E-state index contributed by atoms with van der Waals surface area (Å²) < 4.78 is 26.8. The van der Waals surface area contributed by atoms with Gasteiger partial charge in [0.1, 0.15) is 11.6 Å². The standard InChI is InChI=1S/C17H17F2NO/c1-2-20(15-8-5-7-14(18)11-15)12-16(21)10-13-6-3-4-9-17(13)19/h3-9,11H,2,10,12H2,1H3. The van der Waals surface area contributed by atoms with Crippen LogP contribution in [0.5, 0.6) is 0 Å². The molecular formula is C17H17F2NO. The van der Waals surface area contributed by atoms with Crippen molar-refractivity contribution in [2.24, 2.45) is 0 Å². The fourth-order valence-corrected chi connectivity index (χ4v) is 2.18. The highest BCUT2D eigenvalue weighted by molar-refractivity contribution is 5.85. The van der Waals surface area contributed by atoms with E-state index in [2.05, 4.69) is 0 Å². The van der Waals surface area contributed by atoms with Crippen LogP contribution in [0.4, 0.5) is 14.5 Å². The van der Waals surface area contributed by atoms with E-state index in [1.54, 1.807) is 35.2 Å². The van der Waals surface area contributed by atoms with Gasteiger partial charge >= 0.3 is 0 Å². The average molecular weight is 289 g/mol. The van der Waals surface area contributed by atoms with E-state index < -0.39 is 0 Å². The molecule has 2 aromatic carbocycles. The largest absolute Gasteiger partial charge is 0.364 e. The number of nitrogens with zero attached hydrogens (tertiary/aromatic N) is 1. The fraction of sp³-hybridized carbons (Fsp3) is 0.235. The lowest BCUT2D eigenvalue weighted by Gasteiger charge is -2.22. The summed E-state index contributed by atoms with van der Waals surface area (Å²) in [7, 11) is 0. The monoisotopic (exact) mass is 289 g/mol. The zero-order chi connectivity index (χ0) is 15.2. The van der Waals surface area contributed by atoms with Crippen molar-refractivity contribution in [3.8, 4) is 0 Å². The molecule has 0 radical (unpaired) electrons. The molecule has 2 aromatic rings. The van der Waals surface area contributed by atoms with Crippen LogP contribution < -0.4 is 4.90 Å². The lowest BCUT2D eigenvalue weighted by atomic mass is 10.1. The maximum absolute atomic E-state index is 13.5. The highest BCUT2D eigenvalue weighted by atomic mass is 19.1. The number of Topliss-reactive ketones (excluding diaryl/α,β-unsaturated/α-hetero) is 1. The zero-order valence-electron chi connectivity index (χ0n) is 11.9. The SMILES string of the molecule is CCN(CC(=O)Cc1ccccc1F)c1cccc(F)c1. The molecule has 0 N–H and O–H groups in total. The van der Waals surface area contributed by atoms with Gasteiger partial charge in [-0.25, -0.2) is 8.78 Å². The van der Waals surface area contributed by atoms with Crippen molar-refractivity contribution >= 4 is 11.5 Å². The van der Waals surface area contributed by atoms with Crippen molar-refractivity contribution in [3.05, 3.63) is 65.7 Å². The maximum Gasteiger partial charge on any atom is 0.156 e. The molecule has 0 spiro atoms. The van der Waals surface area contributed by atoms with Gasteiger partial charge in [-0.2, -0.15) is 0 Å². The number of rotatable bonds is 6. The third-order valence-electron chi connectivity index (χ3n) is 3.27. The van der Waals surface area contributed by atoms with E-state index in [0.29, 0.717) is 17.8 Å². The Morgan fingerprint density at radius 2 is 1.86 bits per heavy atom. The molecule has 0 amide bonds. The van der Waals surface area contributed by atoms with E-state index in [1.165, 1.54) is 18.2 Å². The smallest absolute Gasteiger partial charge is 0.156 e. The summed E-state index contributed by atoms with van der Waals surface area (Å²) in [5.41, 5.74) is 1.04. The van der Waals surface area contributed by atoms with E-state index in [4.69, 9.17) is 0 Å². The molecule has 0 unspecified atom stereocenters. The summed E-state index contributed by atoms with van der Waals surface area (Å²) in [6.45, 7) is 2.60. The first kappa shape index (κ1) is 15.2. The Bertz CT molecular complexity index is 628. The number of hydrogen-bond donors (Lipinski definition) is 0. The summed E-state index contributed by atoms with van der Waals surface area (Å²) in [4.78, 5) is 13.9. The first-order chi connectivity index (χ1) is 10.1. The minimum Gasteiger partial charge on any atom is -0.364 e. The van der Waals surface area contributed by atoms with Gasteiger partial charge in [-0.05, 0) is 36.8 Å². The molecule has 110 valence electrons. The predicted molar refractivity (Wildman–Crippen MR) is 79.4 cm³/mol. The number of hydrogen-bond acceptors (Lipinski definition) is 2. The molecule has 0 aliphatic rings. The minimum absolute atomic E-state index is 0.0402. The van der Waals surface area contributed by atoms with Gasteiger partial charge in [0, 0.05) is 18.7 Å². The van der Waals surface area contributed by atoms with Gasteiger partial charge in [0.2, 0.25) is 0 Å². The first-order valence-corrected chi connectivity index (χ1v) is 6.85. The molecule has 0 bridgehead atoms. The Kier molecular flexibility index (Phi) is 5.04. The molecule has 2 rings (SSSR count). The Labute approximate surface area is 123 Å². The number of halogens is 2. The van der Waals surface area contributed by atoms with Gasteiger partial charge in [-0.15, -0.1) is 0 Å². The van der Waals surface area contributed by atoms with Crippen molar-refractivity contribution in [1.82, 2.24) is 0 Å². The van der Waals surface area contributed by atoms with Crippen LogP contribution in [-0.2, 0) is 11.2 Å². The van der Waals surface area contributed by atoms with E-state index in [0.717, 1.165) is 0 Å². The van der Waals surface area contributed by atoms with Crippen LogP contribution in [-0.4, -0.2) is 18.9 Å². The number of ketones is 1. The molecule has 0 saturated heterocycles. The van der Waals surface area contributed by atoms with E-state index in [1.807, 2.05) is 6.92 Å². The number of carbonyl (C=O) groups is 1. The molecule has 4 heteroatoms. The molecule has 0 aliphatic heterocycles. The van der Waals surface area contributed by atoms with E-state index in [-0.39, 0.29) is 30.4 Å². The van der Waals surface area contributed by atoms with Gasteiger partial charge < -0.3 is 4.90 Å². The predicted octanol–water partition coefficient (Wildman–Crippen LogP) is 3.60. The van der Waals surface area contributed by atoms with Crippen LogP contribution in [0.15, 0.2) is 48.5 Å². The third kappa shape index (κ3) is 4.12. The van der Waals surface area contributed by atoms with Crippen molar-refractivity contribution in [1.29, 1.82) is 0 Å². The highest BCUT2D eigenvalue weighted by Crippen LogP contribution is 2.16. The number of likely N-dealkylation sites (N-methyl/N-ethyl adjacent to an activating group) is 1. The molecule has 2 nitrogen and oxygen atoms in total. The lowest BCUT2D eigenvalue weighted by molar-refractivity contribution is -0.117. The quantitative estimate of drug-likeness (QED) is 0.810. The second kappa shape index (κ2) is 6.97. The van der Waals surface area contributed by atoms with Gasteiger partial charge in [0.25, 0.3) is 0 Å². The number of benzene rings is 2. The fourth-order valence-electron chi connectivity index (χ4n) is 2.18. The first-order valence-electron chi connectivity index (χ1n) is 6.85. The van der Waals surface area contributed by atoms with Gasteiger partial charge in [-0.1, -0.05) is 24.3 Å². The average Bonchev–Trinajstić information content (AvgIpc) is 2.47. The number of carbonyl (C=O) groups excluding carboxylic acids is 1. The van der Waals surface area contributed by atoms with Gasteiger partial charge in [-0.3, -0.25) is 4.79 Å². The van der Waals surface area contributed by atoms with Gasteiger partial charge in [0.05, 0.1) is 6.54 Å². The topological polar surface area (TPSA) is 20.3 Å². The molecule has 0 heterocycles. The normalized spacial score (nSPS) is 10.4. The second-order valence-corrected chi connectivity index (χ2v) is 4.80. The van der Waals surface area contributed by atoms with E-state index in [9.17, 15) is 13.6 Å². The summed E-state index contributed by atoms with van der Waals surface area (Å²) in [5, 5.41) is 0. The molecule has 21 heavy (non-hydrogen) atoms. The van der Waals surface area contributed by atoms with Gasteiger partial charge in [0.15, 0.2) is 5.78 Å². The summed E-state index contributed by atoms with van der Waals surface area (Å²) in [5.74, 6) is -0.821. The van der Waals surface area contributed by atoms with Crippen LogP contribution in [0.25, 0.3) is 0 Å².